The number of alkyl halides is 3. The quantitative estimate of drug-likeness (QED) is 0.893. The second-order valence-corrected chi connectivity index (χ2v) is 3.67. The average Bonchev–Trinajstić information content (AvgIpc) is 2.27. The van der Waals surface area contributed by atoms with E-state index in [0.717, 1.165) is 0 Å². The van der Waals surface area contributed by atoms with Gasteiger partial charge in [0.05, 0.1) is 13.2 Å². The molecule has 3 nitrogen and oxygen atoms in total. The highest BCUT2D eigenvalue weighted by molar-refractivity contribution is 5.85. The van der Waals surface area contributed by atoms with E-state index in [1.54, 1.807) is 12.1 Å². The molecule has 2 atom stereocenters. The third-order valence-electron chi connectivity index (χ3n) is 2.40. The molecule has 0 unspecified atom stereocenters. The molecule has 0 spiro atoms. The molecular weight excluding hydrogens is 271 g/mol. The summed E-state index contributed by atoms with van der Waals surface area (Å²) in [5.74, 6) is 0.570. The number of ether oxygens (including phenoxy) is 1. The van der Waals surface area contributed by atoms with E-state index in [4.69, 9.17) is 10.5 Å². The van der Waals surface area contributed by atoms with Crippen molar-refractivity contribution in [2.75, 3.05) is 7.11 Å². The van der Waals surface area contributed by atoms with Gasteiger partial charge in [0.2, 0.25) is 0 Å². The van der Waals surface area contributed by atoms with Crippen molar-refractivity contribution in [3.63, 3.8) is 0 Å². The Balaban J connectivity index is 0.00000289. The molecule has 104 valence electrons. The monoisotopic (exact) mass is 285 g/mol. The van der Waals surface area contributed by atoms with Crippen LogP contribution in [-0.4, -0.2) is 24.4 Å². The lowest BCUT2D eigenvalue weighted by Gasteiger charge is -2.19. The van der Waals surface area contributed by atoms with Crippen LogP contribution >= 0.6 is 12.4 Å². The van der Waals surface area contributed by atoms with Crippen LogP contribution in [0.1, 0.15) is 18.1 Å². The van der Waals surface area contributed by atoms with Crippen LogP contribution in [0.3, 0.4) is 0 Å². The SMILES string of the molecule is COc1ccc([C@@H](O)C[C@H](N)C(F)(F)F)cc1.Cl. The summed E-state index contributed by atoms with van der Waals surface area (Å²) in [4.78, 5) is 0. The molecular formula is C11H15ClF3NO2. The maximum atomic E-state index is 12.2. The Bertz CT molecular complexity index is 356. The third-order valence-corrected chi connectivity index (χ3v) is 2.40. The fourth-order valence-corrected chi connectivity index (χ4v) is 1.34. The summed E-state index contributed by atoms with van der Waals surface area (Å²) in [5, 5.41) is 9.60. The molecule has 0 aliphatic carbocycles. The Morgan fingerprint density at radius 3 is 2.17 bits per heavy atom. The smallest absolute Gasteiger partial charge is 0.403 e. The van der Waals surface area contributed by atoms with E-state index in [9.17, 15) is 18.3 Å². The molecule has 18 heavy (non-hydrogen) atoms. The second-order valence-electron chi connectivity index (χ2n) is 3.67. The van der Waals surface area contributed by atoms with E-state index in [-0.39, 0.29) is 12.4 Å². The molecule has 1 rings (SSSR count). The Morgan fingerprint density at radius 2 is 1.78 bits per heavy atom. The number of benzene rings is 1. The lowest BCUT2D eigenvalue weighted by Crippen LogP contribution is -2.38. The first-order valence-electron chi connectivity index (χ1n) is 4.99. The maximum absolute atomic E-state index is 12.2. The van der Waals surface area contributed by atoms with Crippen LogP contribution in [0.15, 0.2) is 24.3 Å². The Labute approximate surface area is 109 Å². The number of hydrogen-bond acceptors (Lipinski definition) is 3. The van der Waals surface area contributed by atoms with Crippen LogP contribution in [0, 0.1) is 0 Å². The third kappa shape index (κ3) is 4.72. The molecule has 1 aromatic carbocycles. The minimum atomic E-state index is -4.49. The minimum absolute atomic E-state index is 0. The van der Waals surface area contributed by atoms with Crippen molar-refractivity contribution in [2.24, 2.45) is 5.73 Å². The number of hydrogen-bond donors (Lipinski definition) is 2. The largest absolute Gasteiger partial charge is 0.497 e. The predicted molar refractivity (Wildman–Crippen MR) is 63.8 cm³/mol. The lowest BCUT2D eigenvalue weighted by atomic mass is 10.0. The lowest BCUT2D eigenvalue weighted by molar-refractivity contribution is -0.153. The number of halogens is 4. The number of rotatable bonds is 4. The van der Waals surface area contributed by atoms with Gasteiger partial charge >= 0.3 is 6.18 Å². The fourth-order valence-electron chi connectivity index (χ4n) is 1.34. The fraction of sp³-hybridized carbons (Fsp3) is 0.455. The van der Waals surface area contributed by atoms with Gasteiger partial charge in [-0.25, -0.2) is 0 Å². The zero-order valence-electron chi connectivity index (χ0n) is 9.65. The normalized spacial score (nSPS) is 14.6. The van der Waals surface area contributed by atoms with Crippen LogP contribution < -0.4 is 10.5 Å². The van der Waals surface area contributed by atoms with Gasteiger partial charge in [-0.1, -0.05) is 12.1 Å². The summed E-state index contributed by atoms with van der Waals surface area (Å²) in [6.45, 7) is 0. The van der Waals surface area contributed by atoms with Crippen LogP contribution in [0.4, 0.5) is 13.2 Å². The van der Waals surface area contributed by atoms with E-state index in [1.165, 1.54) is 19.2 Å². The van der Waals surface area contributed by atoms with E-state index >= 15 is 0 Å². The molecule has 0 fully saturated rings. The molecule has 0 saturated carbocycles. The van der Waals surface area contributed by atoms with Crippen LogP contribution in [0.25, 0.3) is 0 Å². The second kappa shape index (κ2) is 6.82. The highest BCUT2D eigenvalue weighted by atomic mass is 35.5. The minimum Gasteiger partial charge on any atom is -0.497 e. The molecule has 0 aliphatic heterocycles. The van der Waals surface area contributed by atoms with Crippen LogP contribution in [-0.2, 0) is 0 Å². The van der Waals surface area contributed by atoms with Gasteiger partial charge < -0.3 is 15.6 Å². The van der Waals surface area contributed by atoms with E-state index < -0.39 is 24.7 Å². The van der Waals surface area contributed by atoms with Gasteiger partial charge in [-0.2, -0.15) is 13.2 Å². The summed E-state index contributed by atoms with van der Waals surface area (Å²) in [7, 11) is 1.48. The van der Waals surface area contributed by atoms with Gasteiger partial charge in [0.1, 0.15) is 11.8 Å². The molecule has 0 saturated heterocycles. The Kier molecular flexibility index (Phi) is 6.45. The van der Waals surface area contributed by atoms with Crippen molar-refractivity contribution in [2.45, 2.75) is 24.7 Å². The molecule has 3 N–H and O–H groups in total. The number of nitrogens with two attached hydrogens (primary N) is 1. The zero-order valence-corrected chi connectivity index (χ0v) is 10.5. The Morgan fingerprint density at radius 1 is 1.28 bits per heavy atom. The predicted octanol–water partition coefficient (Wildman–Crippen LogP) is 2.43. The summed E-state index contributed by atoms with van der Waals surface area (Å²) in [6.07, 6.45) is -6.29. The van der Waals surface area contributed by atoms with Crippen molar-refractivity contribution >= 4 is 12.4 Å². The highest BCUT2D eigenvalue weighted by Crippen LogP contribution is 2.27. The van der Waals surface area contributed by atoms with Crippen molar-refractivity contribution < 1.29 is 23.0 Å². The van der Waals surface area contributed by atoms with E-state index in [0.29, 0.717) is 11.3 Å². The molecule has 0 aromatic heterocycles. The molecule has 0 radical (unpaired) electrons. The molecule has 0 aliphatic rings. The molecule has 0 heterocycles. The summed E-state index contributed by atoms with van der Waals surface area (Å²) >= 11 is 0. The van der Waals surface area contributed by atoms with Crippen molar-refractivity contribution in [3.05, 3.63) is 29.8 Å². The first-order chi connectivity index (χ1) is 7.84. The summed E-state index contributed by atoms with van der Waals surface area (Å²) in [5.41, 5.74) is 5.32. The van der Waals surface area contributed by atoms with Gasteiger partial charge in [0, 0.05) is 6.42 Å². The standard InChI is InChI=1S/C11H14F3NO2.ClH/c1-17-8-4-2-7(3-5-8)9(16)6-10(15)11(12,13)14;/h2-5,9-10,16H,6,15H2,1H3;1H/t9-,10-;/m0./s1. The topological polar surface area (TPSA) is 55.5 Å². The maximum Gasteiger partial charge on any atom is 0.403 e. The summed E-state index contributed by atoms with van der Waals surface area (Å²) in [6, 6.07) is 4.12. The Hall–Kier alpha value is -0.980. The van der Waals surface area contributed by atoms with E-state index in [1.807, 2.05) is 0 Å². The molecule has 0 bridgehead atoms. The van der Waals surface area contributed by atoms with Crippen molar-refractivity contribution in [3.8, 4) is 5.75 Å². The van der Waals surface area contributed by atoms with Crippen molar-refractivity contribution in [1.29, 1.82) is 0 Å². The van der Waals surface area contributed by atoms with Crippen LogP contribution in [0.5, 0.6) is 5.75 Å². The average molecular weight is 286 g/mol. The van der Waals surface area contributed by atoms with Gasteiger partial charge in [-0.05, 0) is 17.7 Å². The zero-order chi connectivity index (χ0) is 13.1. The first-order valence-corrected chi connectivity index (χ1v) is 4.99. The van der Waals surface area contributed by atoms with Crippen molar-refractivity contribution in [1.82, 2.24) is 0 Å². The number of aliphatic hydroxyl groups excluding tert-OH is 1. The van der Waals surface area contributed by atoms with Gasteiger partial charge in [0.15, 0.2) is 0 Å². The highest BCUT2D eigenvalue weighted by Gasteiger charge is 2.37. The molecule has 1 aromatic rings. The van der Waals surface area contributed by atoms with E-state index in [2.05, 4.69) is 0 Å². The first kappa shape index (κ1) is 17.0. The summed E-state index contributed by atoms with van der Waals surface area (Å²) < 4.78 is 41.5. The number of aliphatic hydroxyl groups is 1. The molecule has 0 amide bonds. The van der Waals surface area contributed by atoms with Gasteiger partial charge in [-0.15, -0.1) is 12.4 Å². The van der Waals surface area contributed by atoms with Gasteiger partial charge in [-0.3, -0.25) is 0 Å². The molecule has 7 heteroatoms. The number of methoxy groups -OCH3 is 1. The van der Waals surface area contributed by atoms with Crippen LogP contribution in [0.2, 0.25) is 0 Å². The van der Waals surface area contributed by atoms with Gasteiger partial charge in [0.25, 0.3) is 0 Å².